The van der Waals surface area contributed by atoms with E-state index in [0.29, 0.717) is 0 Å². The molecule has 0 radical (unpaired) electrons. The lowest BCUT2D eigenvalue weighted by Crippen LogP contribution is -2.20. The monoisotopic (exact) mass is 323 g/mol. The van der Waals surface area contributed by atoms with E-state index in [2.05, 4.69) is 42.9 Å². The Morgan fingerprint density at radius 2 is 2.32 bits per heavy atom. The largest absolute Gasteiger partial charge is 0.383 e. The summed E-state index contributed by atoms with van der Waals surface area (Å²) in [7, 11) is 1.71. The average Bonchev–Trinajstić information content (AvgIpc) is 2.82. The van der Waals surface area contributed by atoms with E-state index in [1.807, 2.05) is 24.7 Å². The molecule has 5 heteroatoms. The molecular weight excluding hydrogens is 306 g/mol. The van der Waals surface area contributed by atoms with Crippen molar-refractivity contribution in [1.29, 1.82) is 0 Å². The summed E-state index contributed by atoms with van der Waals surface area (Å²) in [6, 6.07) is 8.33. The van der Waals surface area contributed by atoms with Crippen LogP contribution < -0.4 is 5.32 Å². The molecule has 0 aliphatic heterocycles. The van der Waals surface area contributed by atoms with Crippen LogP contribution in [0.1, 0.15) is 11.3 Å². The van der Waals surface area contributed by atoms with Crippen molar-refractivity contribution >= 4 is 15.9 Å². The number of ether oxygens (including phenoxy) is 1. The molecule has 0 spiro atoms. The second-order valence-corrected chi connectivity index (χ2v) is 5.23. The van der Waals surface area contributed by atoms with Gasteiger partial charge in [-0.2, -0.15) is 0 Å². The third-order valence-corrected chi connectivity index (χ3v) is 3.32. The summed E-state index contributed by atoms with van der Waals surface area (Å²) in [5.41, 5.74) is 2.43. The Morgan fingerprint density at radius 1 is 1.42 bits per heavy atom. The highest BCUT2D eigenvalue weighted by atomic mass is 79.9. The molecule has 2 rings (SSSR count). The van der Waals surface area contributed by atoms with Gasteiger partial charge in [-0.05, 0) is 17.7 Å². The summed E-state index contributed by atoms with van der Waals surface area (Å²) in [5, 5.41) is 3.33. The first-order valence-electron chi connectivity index (χ1n) is 6.22. The maximum Gasteiger partial charge on any atom is 0.0951 e. The van der Waals surface area contributed by atoms with Gasteiger partial charge in [0.05, 0.1) is 18.6 Å². The van der Waals surface area contributed by atoms with Gasteiger partial charge in [0.15, 0.2) is 0 Å². The maximum atomic E-state index is 5.01. The van der Waals surface area contributed by atoms with Gasteiger partial charge in [0.1, 0.15) is 0 Å². The SMILES string of the molecule is COCCNCc1cncn1Cc1cccc(Br)c1. The Balaban J connectivity index is 1.95. The molecule has 0 saturated carbocycles. The summed E-state index contributed by atoms with van der Waals surface area (Å²) in [6.07, 6.45) is 3.77. The van der Waals surface area contributed by atoms with E-state index in [1.54, 1.807) is 7.11 Å². The Hall–Kier alpha value is -1.17. The summed E-state index contributed by atoms with van der Waals surface area (Å²) in [6.45, 7) is 3.20. The lowest BCUT2D eigenvalue weighted by Gasteiger charge is -2.09. The molecule has 1 heterocycles. The second kappa shape index (κ2) is 7.43. The Bertz CT molecular complexity index is 513. The molecule has 0 fully saturated rings. The molecule has 1 aromatic carbocycles. The Kier molecular flexibility index (Phi) is 5.57. The second-order valence-electron chi connectivity index (χ2n) is 4.31. The van der Waals surface area contributed by atoms with Gasteiger partial charge in [0, 0.05) is 37.4 Å². The molecule has 0 bridgehead atoms. The lowest BCUT2D eigenvalue weighted by atomic mass is 10.2. The topological polar surface area (TPSA) is 39.1 Å². The highest BCUT2D eigenvalue weighted by Crippen LogP contribution is 2.13. The van der Waals surface area contributed by atoms with Crippen LogP contribution in [-0.4, -0.2) is 29.8 Å². The van der Waals surface area contributed by atoms with Gasteiger partial charge in [0.25, 0.3) is 0 Å². The summed E-state index contributed by atoms with van der Waals surface area (Å²) in [4.78, 5) is 4.22. The van der Waals surface area contributed by atoms with E-state index in [9.17, 15) is 0 Å². The Morgan fingerprint density at radius 3 is 3.11 bits per heavy atom. The minimum atomic E-state index is 0.722. The normalized spacial score (nSPS) is 10.8. The molecular formula is C14H18BrN3O. The van der Waals surface area contributed by atoms with Crippen molar-refractivity contribution in [3.8, 4) is 0 Å². The van der Waals surface area contributed by atoms with Crippen molar-refractivity contribution in [3.63, 3.8) is 0 Å². The third kappa shape index (κ3) is 4.45. The highest BCUT2D eigenvalue weighted by molar-refractivity contribution is 9.10. The number of methoxy groups -OCH3 is 1. The van der Waals surface area contributed by atoms with Crippen LogP contribution in [0.2, 0.25) is 0 Å². The quantitative estimate of drug-likeness (QED) is 0.795. The van der Waals surface area contributed by atoms with Crippen LogP contribution in [0, 0.1) is 0 Å². The summed E-state index contributed by atoms with van der Waals surface area (Å²) >= 11 is 3.49. The molecule has 0 saturated heterocycles. The minimum Gasteiger partial charge on any atom is -0.383 e. The molecule has 0 amide bonds. The van der Waals surface area contributed by atoms with Crippen molar-refractivity contribution < 1.29 is 4.74 Å². The molecule has 0 atom stereocenters. The molecule has 0 aliphatic carbocycles. The molecule has 102 valence electrons. The van der Waals surface area contributed by atoms with E-state index in [-0.39, 0.29) is 0 Å². The lowest BCUT2D eigenvalue weighted by molar-refractivity contribution is 0.199. The predicted molar refractivity (Wildman–Crippen MR) is 79.1 cm³/mol. The predicted octanol–water partition coefficient (Wildman–Crippen LogP) is 2.43. The number of nitrogens with zero attached hydrogens (tertiary/aromatic N) is 2. The summed E-state index contributed by atoms with van der Waals surface area (Å²) in [5.74, 6) is 0. The minimum absolute atomic E-state index is 0.722. The Labute approximate surface area is 121 Å². The van der Waals surface area contributed by atoms with E-state index in [1.165, 1.54) is 11.3 Å². The molecule has 4 nitrogen and oxygen atoms in total. The first kappa shape index (κ1) is 14.2. The van der Waals surface area contributed by atoms with Crippen molar-refractivity contribution in [2.75, 3.05) is 20.3 Å². The number of imidazole rings is 1. The van der Waals surface area contributed by atoms with Gasteiger partial charge in [-0.25, -0.2) is 4.98 Å². The smallest absolute Gasteiger partial charge is 0.0951 e. The fourth-order valence-corrected chi connectivity index (χ4v) is 2.31. The zero-order valence-corrected chi connectivity index (χ0v) is 12.6. The zero-order chi connectivity index (χ0) is 13.5. The number of benzene rings is 1. The van der Waals surface area contributed by atoms with E-state index in [4.69, 9.17) is 4.74 Å². The van der Waals surface area contributed by atoms with Gasteiger partial charge in [-0.1, -0.05) is 28.1 Å². The van der Waals surface area contributed by atoms with Gasteiger partial charge < -0.3 is 14.6 Å². The number of hydrogen-bond donors (Lipinski definition) is 1. The number of halogens is 1. The van der Waals surface area contributed by atoms with Crippen LogP contribution in [0.15, 0.2) is 41.3 Å². The number of hydrogen-bond acceptors (Lipinski definition) is 3. The molecule has 1 aromatic heterocycles. The van der Waals surface area contributed by atoms with Crippen LogP contribution in [-0.2, 0) is 17.8 Å². The zero-order valence-electron chi connectivity index (χ0n) is 11.0. The third-order valence-electron chi connectivity index (χ3n) is 2.83. The molecule has 2 aromatic rings. The first-order valence-corrected chi connectivity index (χ1v) is 7.02. The van der Waals surface area contributed by atoms with Gasteiger partial charge in [-0.15, -0.1) is 0 Å². The average molecular weight is 324 g/mol. The van der Waals surface area contributed by atoms with Crippen LogP contribution in [0.3, 0.4) is 0 Å². The molecule has 0 aliphatic rings. The van der Waals surface area contributed by atoms with Crippen LogP contribution in [0.25, 0.3) is 0 Å². The molecule has 19 heavy (non-hydrogen) atoms. The van der Waals surface area contributed by atoms with Gasteiger partial charge in [-0.3, -0.25) is 0 Å². The fraction of sp³-hybridized carbons (Fsp3) is 0.357. The van der Waals surface area contributed by atoms with Crippen LogP contribution >= 0.6 is 15.9 Å². The van der Waals surface area contributed by atoms with Gasteiger partial charge >= 0.3 is 0 Å². The number of nitrogens with one attached hydrogen (secondary N) is 1. The maximum absolute atomic E-state index is 5.01. The fourth-order valence-electron chi connectivity index (χ4n) is 1.86. The number of aromatic nitrogens is 2. The van der Waals surface area contributed by atoms with E-state index >= 15 is 0 Å². The molecule has 1 N–H and O–H groups in total. The van der Waals surface area contributed by atoms with Crippen molar-refractivity contribution in [2.45, 2.75) is 13.1 Å². The van der Waals surface area contributed by atoms with Crippen molar-refractivity contribution in [3.05, 3.63) is 52.5 Å². The standard InChI is InChI=1S/C14H18BrN3O/c1-19-6-5-16-8-14-9-17-11-18(14)10-12-3-2-4-13(15)7-12/h2-4,7,9,11,16H,5-6,8,10H2,1H3. The van der Waals surface area contributed by atoms with E-state index < -0.39 is 0 Å². The summed E-state index contributed by atoms with van der Waals surface area (Å²) < 4.78 is 8.27. The van der Waals surface area contributed by atoms with Crippen molar-refractivity contribution in [1.82, 2.24) is 14.9 Å². The van der Waals surface area contributed by atoms with E-state index in [0.717, 1.165) is 30.7 Å². The highest BCUT2D eigenvalue weighted by Gasteiger charge is 2.03. The van der Waals surface area contributed by atoms with Crippen LogP contribution in [0.4, 0.5) is 0 Å². The van der Waals surface area contributed by atoms with Gasteiger partial charge in [0.2, 0.25) is 0 Å². The van der Waals surface area contributed by atoms with Crippen molar-refractivity contribution in [2.24, 2.45) is 0 Å². The first-order chi connectivity index (χ1) is 9.29. The van der Waals surface area contributed by atoms with Crippen LogP contribution in [0.5, 0.6) is 0 Å². The number of rotatable bonds is 7. The molecule has 0 unspecified atom stereocenters.